The molecule has 0 spiro atoms. The maximum absolute atomic E-state index is 12.7. The molecule has 1 saturated heterocycles. The summed E-state index contributed by atoms with van der Waals surface area (Å²) in [6.45, 7) is 3.59. The van der Waals surface area contributed by atoms with Gasteiger partial charge in [0.1, 0.15) is 11.8 Å². The lowest BCUT2D eigenvalue weighted by Crippen LogP contribution is -2.36. The third kappa shape index (κ3) is 2.33. The van der Waals surface area contributed by atoms with Crippen molar-refractivity contribution in [1.29, 1.82) is 0 Å². The van der Waals surface area contributed by atoms with Crippen molar-refractivity contribution in [1.82, 2.24) is 4.90 Å². The Balaban J connectivity index is 1.93. The van der Waals surface area contributed by atoms with Crippen molar-refractivity contribution >= 4 is 33.6 Å². The number of benzene rings is 1. The fourth-order valence-electron chi connectivity index (χ4n) is 2.68. The first kappa shape index (κ1) is 14.8. The number of imide groups is 1. The smallest absolute Gasteiger partial charge is 0.332 e. The Bertz CT molecular complexity index is 697. The summed E-state index contributed by atoms with van der Waals surface area (Å²) in [5, 5.41) is 0. The molecule has 3 rings (SSSR count). The summed E-state index contributed by atoms with van der Waals surface area (Å²) < 4.78 is 6.26. The molecule has 2 unspecified atom stereocenters. The van der Waals surface area contributed by atoms with Crippen LogP contribution in [0.1, 0.15) is 25.6 Å². The first-order valence-corrected chi connectivity index (χ1v) is 7.75. The van der Waals surface area contributed by atoms with E-state index in [1.54, 1.807) is 54.5 Å². The van der Waals surface area contributed by atoms with Crippen molar-refractivity contribution in [3.63, 3.8) is 0 Å². The second kappa shape index (κ2) is 5.61. The van der Waals surface area contributed by atoms with Gasteiger partial charge in [0.25, 0.3) is 5.91 Å². The summed E-state index contributed by atoms with van der Waals surface area (Å²) in [7, 11) is 0. The van der Waals surface area contributed by atoms with E-state index in [0.717, 1.165) is 4.47 Å². The molecule has 22 heavy (non-hydrogen) atoms. The highest BCUT2D eigenvalue weighted by Crippen LogP contribution is 2.32. The predicted octanol–water partition coefficient (Wildman–Crippen LogP) is 3.96. The molecule has 1 fully saturated rings. The van der Waals surface area contributed by atoms with Crippen LogP contribution in [0, 0.1) is 0 Å². The number of rotatable bonds is 3. The molecular weight excluding hydrogens is 348 g/mol. The van der Waals surface area contributed by atoms with Gasteiger partial charge in [-0.2, -0.15) is 0 Å². The fraction of sp³-hybridized carbons (Fsp3) is 0.250. The van der Waals surface area contributed by atoms with E-state index in [0.29, 0.717) is 11.4 Å². The average Bonchev–Trinajstić information content (AvgIpc) is 3.09. The Kier molecular flexibility index (Phi) is 3.78. The van der Waals surface area contributed by atoms with E-state index in [9.17, 15) is 9.59 Å². The summed E-state index contributed by atoms with van der Waals surface area (Å²) in [5.41, 5.74) is 0.569. The second-order valence-corrected chi connectivity index (χ2v) is 6.12. The van der Waals surface area contributed by atoms with Gasteiger partial charge >= 0.3 is 6.03 Å². The van der Waals surface area contributed by atoms with Crippen LogP contribution in [0.25, 0.3) is 0 Å². The lowest BCUT2D eigenvalue weighted by atomic mass is 10.2. The van der Waals surface area contributed by atoms with Gasteiger partial charge in [0.05, 0.1) is 18.0 Å². The molecule has 5 nitrogen and oxygen atoms in total. The molecule has 0 radical (unpaired) electrons. The zero-order valence-electron chi connectivity index (χ0n) is 12.2. The molecule has 0 N–H and O–H groups in total. The van der Waals surface area contributed by atoms with Crippen LogP contribution < -0.4 is 4.90 Å². The Labute approximate surface area is 136 Å². The zero-order chi connectivity index (χ0) is 15.9. The Morgan fingerprint density at radius 1 is 1.18 bits per heavy atom. The number of hydrogen-bond donors (Lipinski definition) is 0. The maximum atomic E-state index is 12.7. The first-order chi connectivity index (χ1) is 10.5. The van der Waals surface area contributed by atoms with E-state index in [1.807, 2.05) is 6.92 Å². The van der Waals surface area contributed by atoms with Gasteiger partial charge < -0.3 is 9.32 Å². The van der Waals surface area contributed by atoms with E-state index in [2.05, 4.69) is 15.9 Å². The monoisotopic (exact) mass is 362 g/mol. The van der Waals surface area contributed by atoms with Gasteiger partial charge in [-0.3, -0.25) is 4.79 Å². The standard InChI is InChI=1S/C16H15BrN2O3/c1-10(14-4-3-9-22-14)18-11(2)15(20)19(16(18)21)13-7-5-12(17)6-8-13/h3-11H,1-2H3. The maximum Gasteiger partial charge on any atom is 0.332 e. The zero-order valence-corrected chi connectivity index (χ0v) is 13.8. The molecule has 2 atom stereocenters. The van der Waals surface area contributed by atoms with Crippen LogP contribution in [-0.2, 0) is 4.79 Å². The van der Waals surface area contributed by atoms with Crippen molar-refractivity contribution in [3.8, 4) is 0 Å². The SMILES string of the molecule is CC1C(=O)N(c2ccc(Br)cc2)C(=O)N1C(C)c1ccco1. The highest BCUT2D eigenvalue weighted by atomic mass is 79.9. The molecule has 1 aromatic heterocycles. The van der Waals surface area contributed by atoms with Gasteiger partial charge in [0.2, 0.25) is 0 Å². The first-order valence-electron chi connectivity index (χ1n) is 6.96. The molecule has 0 saturated carbocycles. The molecule has 3 amide bonds. The minimum atomic E-state index is -0.531. The number of hydrogen-bond acceptors (Lipinski definition) is 3. The molecule has 1 aliphatic rings. The number of carbonyl (C=O) groups is 2. The van der Waals surface area contributed by atoms with Crippen molar-refractivity contribution in [3.05, 3.63) is 52.9 Å². The molecule has 114 valence electrons. The van der Waals surface area contributed by atoms with Crippen LogP contribution >= 0.6 is 15.9 Å². The molecule has 0 aliphatic carbocycles. The fourth-order valence-corrected chi connectivity index (χ4v) is 2.94. The second-order valence-electron chi connectivity index (χ2n) is 5.21. The summed E-state index contributed by atoms with van der Waals surface area (Å²) >= 11 is 3.35. The van der Waals surface area contributed by atoms with Gasteiger partial charge in [0.15, 0.2) is 0 Å². The van der Waals surface area contributed by atoms with Gasteiger partial charge in [-0.15, -0.1) is 0 Å². The van der Waals surface area contributed by atoms with E-state index in [-0.39, 0.29) is 18.0 Å². The number of nitrogens with zero attached hydrogens (tertiary/aromatic N) is 2. The number of urea groups is 1. The lowest BCUT2D eigenvalue weighted by molar-refractivity contribution is -0.119. The molecule has 6 heteroatoms. The van der Waals surface area contributed by atoms with Gasteiger partial charge in [-0.1, -0.05) is 15.9 Å². The molecular formula is C16H15BrN2O3. The average molecular weight is 363 g/mol. The summed E-state index contributed by atoms with van der Waals surface area (Å²) in [5.74, 6) is 0.427. The van der Waals surface area contributed by atoms with Gasteiger partial charge in [-0.25, -0.2) is 9.69 Å². The highest BCUT2D eigenvalue weighted by Gasteiger charge is 2.46. The normalized spacial score (nSPS) is 19.9. The summed E-state index contributed by atoms with van der Waals surface area (Å²) in [6, 6.07) is 9.50. The highest BCUT2D eigenvalue weighted by molar-refractivity contribution is 9.10. The molecule has 1 aromatic carbocycles. The number of furan rings is 1. The van der Waals surface area contributed by atoms with Gasteiger partial charge in [-0.05, 0) is 50.2 Å². The van der Waals surface area contributed by atoms with E-state index in [1.165, 1.54) is 4.90 Å². The number of carbonyl (C=O) groups excluding carboxylic acids is 2. The molecule has 2 aromatic rings. The number of amides is 3. The quantitative estimate of drug-likeness (QED) is 0.776. The van der Waals surface area contributed by atoms with Crippen LogP contribution in [0.4, 0.5) is 10.5 Å². The van der Waals surface area contributed by atoms with E-state index >= 15 is 0 Å². The van der Waals surface area contributed by atoms with Gasteiger partial charge in [0, 0.05) is 4.47 Å². The summed E-state index contributed by atoms with van der Waals surface area (Å²) in [4.78, 5) is 28.0. The van der Waals surface area contributed by atoms with Crippen LogP contribution in [0.5, 0.6) is 0 Å². The third-order valence-corrected chi connectivity index (χ3v) is 4.39. The van der Waals surface area contributed by atoms with E-state index in [4.69, 9.17) is 4.42 Å². The van der Waals surface area contributed by atoms with Crippen LogP contribution in [0.2, 0.25) is 0 Å². The largest absolute Gasteiger partial charge is 0.467 e. The summed E-state index contributed by atoms with van der Waals surface area (Å²) in [6.07, 6.45) is 1.56. The number of halogens is 1. The van der Waals surface area contributed by atoms with Crippen molar-refractivity contribution in [2.75, 3.05) is 4.90 Å². The molecule has 1 aliphatic heterocycles. The topological polar surface area (TPSA) is 53.8 Å². The van der Waals surface area contributed by atoms with E-state index < -0.39 is 6.04 Å². The minimum Gasteiger partial charge on any atom is -0.467 e. The Morgan fingerprint density at radius 3 is 2.45 bits per heavy atom. The molecule has 0 bridgehead atoms. The van der Waals surface area contributed by atoms with Crippen LogP contribution in [-0.4, -0.2) is 22.9 Å². The minimum absolute atomic E-state index is 0.231. The third-order valence-electron chi connectivity index (χ3n) is 3.86. The number of anilines is 1. The van der Waals surface area contributed by atoms with Crippen molar-refractivity contribution in [2.24, 2.45) is 0 Å². The lowest BCUT2D eigenvalue weighted by Gasteiger charge is -2.25. The predicted molar refractivity (Wildman–Crippen MR) is 85.4 cm³/mol. The Morgan fingerprint density at radius 2 is 1.86 bits per heavy atom. The van der Waals surface area contributed by atoms with Crippen LogP contribution in [0.3, 0.4) is 0 Å². The molecule has 2 heterocycles. The van der Waals surface area contributed by atoms with Crippen molar-refractivity contribution in [2.45, 2.75) is 25.9 Å². The van der Waals surface area contributed by atoms with Crippen molar-refractivity contribution < 1.29 is 14.0 Å². The van der Waals surface area contributed by atoms with Crippen LogP contribution in [0.15, 0.2) is 51.6 Å². The Hall–Kier alpha value is -2.08.